The largest absolute Gasteiger partial charge is 0.382 e. The van der Waals surface area contributed by atoms with Crippen LogP contribution in [0.1, 0.15) is 39.0 Å². The average molecular weight is 242 g/mol. The Morgan fingerprint density at radius 2 is 2.25 bits per heavy atom. The zero-order valence-electron chi connectivity index (χ0n) is 10.1. The maximum atomic E-state index is 5.30. The van der Waals surface area contributed by atoms with Gasteiger partial charge in [0.25, 0.3) is 0 Å². The summed E-state index contributed by atoms with van der Waals surface area (Å²) in [6.07, 6.45) is 6.46. The molecule has 2 fully saturated rings. The van der Waals surface area contributed by atoms with E-state index in [4.69, 9.17) is 4.74 Å². The Labute approximate surface area is 102 Å². The van der Waals surface area contributed by atoms with Crippen molar-refractivity contribution in [2.24, 2.45) is 4.99 Å². The molecule has 0 aromatic rings. The Kier molecular flexibility index (Phi) is 4.53. The fourth-order valence-electron chi connectivity index (χ4n) is 2.40. The van der Waals surface area contributed by atoms with E-state index in [9.17, 15) is 0 Å². The minimum Gasteiger partial charge on any atom is -0.382 e. The zero-order chi connectivity index (χ0) is 11.3. The molecule has 0 bridgehead atoms. The van der Waals surface area contributed by atoms with Crippen molar-refractivity contribution in [3.05, 3.63) is 0 Å². The van der Waals surface area contributed by atoms with Gasteiger partial charge in [0, 0.05) is 31.1 Å². The van der Waals surface area contributed by atoms with Gasteiger partial charge in [-0.25, -0.2) is 0 Å². The van der Waals surface area contributed by atoms with Crippen LogP contribution in [0.15, 0.2) is 4.99 Å². The highest BCUT2D eigenvalue weighted by Gasteiger charge is 2.39. The molecule has 1 saturated carbocycles. The minimum absolute atomic E-state index is 0.406. The molecule has 16 heavy (non-hydrogen) atoms. The zero-order valence-corrected chi connectivity index (χ0v) is 10.9. The number of hydrogen-bond acceptors (Lipinski definition) is 3. The van der Waals surface area contributed by atoms with Gasteiger partial charge in [-0.15, -0.1) is 0 Å². The fourth-order valence-corrected chi connectivity index (χ4v) is 3.65. The summed E-state index contributed by atoms with van der Waals surface area (Å²) in [5.41, 5.74) is 0.406. The number of thioether (sulfide) groups is 1. The number of nitrogens with one attached hydrogen (secondary N) is 1. The Bertz CT molecular complexity index is 249. The molecule has 0 radical (unpaired) electrons. The molecule has 2 aliphatic rings. The Morgan fingerprint density at radius 1 is 1.44 bits per heavy atom. The molecule has 1 aliphatic heterocycles. The summed E-state index contributed by atoms with van der Waals surface area (Å²) in [7, 11) is 0. The van der Waals surface area contributed by atoms with E-state index < -0.39 is 0 Å². The molecule has 3 nitrogen and oxygen atoms in total. The third-order valence-electron chi connectivity index (χ3n) is 3.32. The van der Waals surface area contributed by atoms with Crippen LogP contribution in [0.5, 0.6) is 0 Å². The van der Waals surface area contributed by atoms with E-state index in [0.717, 1.165) is 26.2 Å². The lowest BCUT2D eigenvalue weighted by Crippen LogP contribution is -2.40. The first-order valence-corrected chi connectivity index (χ1v) is 7.36. The maximum Gasteiger partial charge on any atom is 0.157 e. The number of aliphatic imine (C=N–C) groups is 1. The molecule has 0 atom stereocenters. The molecule has 1 heterocycles. The lowest BCUT2D eigenvalue weighted by molar-refractivity contribution is 0.146. The minimum atomic E-state index is 0.406. The van der Waals surface area contributed by atoms with Gasteiger partial charge < -0.3 is 10.1 Å². The van der Waals surface area contributed by atoms with E-state index in [1.165, 1.54) is 36.6 Å². The Hall–Kier alpha value is -0.220. The quantitative estimate of drug-likeness (QED) is 0.752. The van der Waals surface area contributed by atoms with Crippen LogP contribution in [-0.4, -0.2) is 36.2 Å². The highest BCUT2D eigenvalue weighted by atomic mass is 32.2. The predicted molar refractivity (Wildman–Crippen MR) is 70.2 cm³/mol. The van der Waals surface area contributed by atoms with Crippen LogP contribution in [0.2, 0.25) is 0 Å². The summed E-state index contributed by atoms with van der Waals surface area (Å²) < 4.78 is 5.30. The molecule has 1 spiro atoms. The van der Waals surface area contributed by atoms with E-state index in [0.29, 0.717) is 5.54 Å². The van der Waals surface area contributed by atoms with Crippen LogP contribution in [0.3, 0.4) is 0 Å². The molecule has 1 N–H and O–H groups in total. The lowest BCUT2D eigenvalue weighted by atomic mass is 10.0. The van der Waals surface area contributed by atoms with Crippen molar-refractivity contribution in [2.75, 3.05) is 25.5 Å². The molecule has 0 aromatic carbocycles. The average Bonchev–Trinajstić information content (AvgIpc) is 2.90. The first-order valence-electron chi connectivity index (χ1n) is 6.38. The molecular weight excluding hydrogens is 220 g/mol. The summed E-state index contributed by atoms with van der Waals surface area (Å²) >= 11 is 1.90. The van der Waals surface area contributed by atoms with Crippen molar-refractivity contribution in [2.45, 2.75) is 44.6 Å². The van der Waals surface area contributed by atoms with Crippen molar-refractivity contribution in [1.82, 2.24) is 5.32 Å². The normalized spacial score (nSPS) is 25.4. The smallest absolute Gasteiger partial charge is 0.157 e. The standard InChI is InChI=1S/C12H22N2OS/c1-2-15-9-5-8-13-11-14-12(10-16-11)6-3-4-7-12/h2-10H2,1H3,(H,13,14). The van der Waals surface area contributed by atoms with Gasteiger partial charge in [0.15, 0.2) is 5.17 Å². The van der Waals surface area contributed by atoms with Gasteiger partial charge >= 0.3 is 0 Å². The van der Waals surface area contributed by atoms with Crippen molar-refractivity contribution in [3.63, 3.8) is 0 Å². The SMILES string of the molecule is CCOCCCN=C1NC2(CCCC2)CS1. The molecule has 0 unspecified atom stereocenters. The van der Waals surface area contributed by atoms with Gasteiger partial charge in [-0.1, -0.05) is 24.6 Å². The van der Waals surface area contributed by atoms with Crippen LogP contribution < -0.4 is 5.32 Å². The molecule has 2 rings (SSSR count). The number of ether oxygens (including phenoxy) is 1. The van der Waals surface area contributed by atoms with Crippen LogP contribution in [-0.2, 0) is 4.74 Å². The summed E-state index contributed by atoms with van der Waals surface area (Å²) in [4.78, 5) is 4.60. The molecule has 1 aliphatic carbocycles. The van der Waals surface area contributed by atoms with Crippen molar-refractivity contribution in [1.29, 1.82) is 0 Å². The van der Waals surface area contributed by atoms with Crippen LogP contribution in [0, 0.1) is 0 Å². The molecule has 4 heteroatoms. The first-order chi connectivity index (χ1) is 7.85. The van der Waals surface area contributed by atoms with Gasteiger partial charge in [-0.3, -0.25) is 4.99 Å². The number of nitrogens with zero attached hydrogens (tertiary/aromatic N) is 1. The summed E-state index contributed by atoms with van der Waals surface area (Å²) in [6, 6.07) is 0. The second kappa shape index (κ2) is 5.92. The van der Waals surface area contributed by atoms with Crippen LogP contribution >= 0.6 is 11.8 Å². The second-order valence-corrected chi connectivity index (χ2v) is 5.60. The first kappa shape index (κ1) is 12.2. The predicted octanol–water partition coefficient (Wildman–Crippen LogP) is 2.42. The molecule has 92 valence electrons. The third-order valence-corrected chi connectivity index (χ3v) is 4.53. The maximum absolute atomic E-state index is 5.30. The lowest BCUT2D eigenvalue weighted by Gasteiger charge is -2.21. The van der Waals surface area contributed by atoms with Crippen LogP contribution in [0.25, 0.3) is 0 Å². The highest BCUT2D eigenvalue weighted by Crippen LogP contribution is 2.37. The monoisotopic (exact) mass is 242 g/mol. The number of hydrogen-bond donors (Lipinski definition) is 1. The fraction of sp³-hybridized carbons (Fsp3) is 0.917. The van der Waals surface area contributed by atoms with Gasteiger partial charge in [-0.05, 0) is 26.2 Å². The number of rotatable bonds is 5. The summed E-state index contributed by atoms with van der Waals surface area (Å²) in [5, 5.41) is 4.79. The van der Waals surface area contributed by atoms with E-state index in [1.807, 2.05) is 18.7 Å². The second-order valence-electron chi connectivity index (χ2n) is 4.64. The van der Waals surface area contributed by atoms with Crippen molar-refractivity contribution >= 4 is 16.9 Å². The number of amidine groups is 1. The molecular formula is C12H22N2OS. The molecule has 0 amide bonds. The summed E-state index contributed by atoms with van der Waals surface area (Å²) in [5.74, 6) is 1.22. The van der Waals surface area contributed by atoms with Crippen molar-refractivity contribution < 1.29 is 4.74 Å². The van der Waals surface area contributed by atoms with E-state index in [2.05, 4.69) is 10.3 Å². The third kappa shape index (κ3) is 3.14. The highest BCUT2D eigenvalue weighted by molar-refractivity contribution is 8.14. The van der Waals surface area contributed by atoms with E-state index >= 15 is 0 Å². The topological polar surface area (TPSA) is 33.6 Å². The van der Waals surface area contributed by atoms with Gasteiger partial charge in [0.1, 0.15) is 0 Å². The van der Waals surface area contributed by atoms with E-state index in [1.54, 1.807) is 0 Å². The van der Waals surface area contributed by atoms with Gasteiger partial charge in [0.2, 0.25) is 0 Å². The van der Waals surface area contributed by atoms with Gasteiger partial charge in [-0.2, -0.15) is 0 Å². The molecule has 1 saturated heterocycles. The van der Waals surface area contributed by atoms with E-state index in [-0.39, 0.29) is 0 Å². The van der Waals surface area contributed by atoms with Crippen LogP contribution in [0.4, 0.5) is 0 Å². The Morgan fingerprint density at radius 3 is 3.00 bits per heavy atom. The Balaban J connectivity index is 1.69. The summed E-state index contributed by atoms with van der Waals surface area (Å²) in [6.45, 7) is 4.57. The molecule has 0 aromatic heterocycles. The van der Waals surface area contributed by atoms with Crippen molar-refractivity contribution in [3.8, 4) is 0 Å². The van der Waals surface area contributed by atoms with Gasteiger partial charge in [0.05, 0.1) is 0 Å².